The summed E-state index contributed by atoms with van der Waals surface area (Å²) in [5, 5.41) is 10.9. The first-order chi connectivity index (χ1) is 8.86. The molecule has 1 aromatic heterocycles. The number of hydrogen-bond acceptors (Lipinski definition) is 5. The second kappa shape index (κ2) is 5.75. The van der Waals surface area contributed by atoms with Gasteiger partial charge in [-0.2, -0.15) is 0 Å². The van der Waals surface area contributed by atoms with Crippen LogP contribution in [0.25, 0.3) is 0 Å². The number of rotatable bonds is 3. The summed E-state index contributed by atoms with van der Waals surface area (Å²) in [6.07, 6.45) is 0. The molecule has 0 aliphatic carbocycles. The van der Waals surface area contributed by atoms with Crippen LogP contribution >= 0.6 is 11.3 Å². The highest BCUT2D eigenvalue weighted by atomic mass is 32.1. The lowest BCUT2D eigenvalue weighted by Gasteiger charge is -2.35. The Labute approximate surface area is 120 Å². The summed E-state index contributed by atoms with van der Waals surface area (Å²) >= 11 is 1.75. The summed E-state index contributed by atoms with van der Waals surface area (Å²) in [4.78, 5) is 4.93. The van der Waals surface area contributed by atoms with Crippen LogP contribution in [0.3, 0.4) is 0 Å². The van der Waals surface area contributed by atoms with Crippen LogP contribution in [0.15, 0.2) is 0 Å². The molecule has 2 rings (SSSR count). The van der Waals surface area contributed by atoms with Gasteiger partial charge in [-0.05, 0) is 5.92 Å². The zero-order valence-corrected chi connectivity index (χ0v) is 13.6. The lowest BCUT2D eigenvalue weighted by atomic mass is 9.98. The molecule has 0 spiro atoms. The Bertz CT molecular complexity index is 400. The first kappa shape index (κ1) is 14.7. The van der Waals surface area contributed by atoms with Crippen molar-refractivity contribution in [3.63, 3.8) is 0 Å². The molecule has 1 saturated heterocycles. The van der Waals surface area contributed by atoms with E-state index in [1.165, 1.54) is 6.54 Å². The van der Waals surface area contributed by atoms with Crippen molar-refractivity contribution >= 4 is 16.5 Å². The van der Waals surface area contributed by atoms with E-state index in [0.29, 0.717) is 0 Å². The predicted octanol–water partition coefficient (Wildman–Crippen LogP) is 2.61. The topological polar surface area (TPSA) is 32.3 Å². The van der Waals surface area contributed by atoms with E-state index in [2.05, 4.69) is 54.6 Å². The summed E-state index contributed by atoms with van der Waals surface area (Å²) in [5.41, 5.74) is 0.107. The Kier molecular flexibility index (Phi) is 4.46. The Morgan fingerprint density at radius 1 is 1.11 bits per heavy atom. The zero-order valence-electron chi connectivity index (χ0n) is 12.8. The maximum atomic E-state index is 4.37. The smallest absolute Gasteiger partial charge is 0.208 e. The summed E-state index contributed by atoms with van der Waals surface area (Å²) < 4.78 is 0. The Morgan fingerprint density at radius 3 is 2.21 bits per heavy atom. The third-order valence-electron chi connectivity index (χ3n) is 3.32. The molecule has 0 radical (unpaired) electrons. The van der Waals surface area contributed by atoms with Gasteiger partial charge in [0.05, 0.1) is 0 Å². The van der Waals surface area contributed by atoms with Gasteiger partial charge in [-0.3, -0.25) is 4.90 Å². The van der Waals surface area contributed by atoms with Crippen LogP contribution in [0.2, 0.25) is 0 Å². The van der Waals surface area contributed by atoms with Crippen molar-refractivity contribution in [2.75, 3.05) is 37.6 Å². The van der Waals surface area contributed by atoms with E-state index in [1.807, 2.05) is 0 Å². The van der Waals surface area contributed by atoms with Gasteiger partial charge in [0.25, 0.3) is 0 Å². The lowest BCUT2D eigenvalue weighted by Crippen LogP contribution is -2.47. The SMILES string of the molecule is CC(C)CN1CCN(c2nnc(C(C)(C)C)s2)CC1. The quantitative estimate of drug-likeness (QED) is 0.853. The van der Waals surface area contributed by atoms with Crippen molar-refractivity contribution in [1.29, 1.82) is 0 Å². The molecule has 1 aliphatic heterocycles. The molecule has 19 heavy (non-hydrogen) atoms. The van der Waals surface area contributed by atoms with E-state index in [4.69, 9.17) is 0 Å². The van der Waals surface area contributed by atoms with E-state index in [9.17, 15) is 0 Å². The molecule has 1 aliphatic rings. The first-order valence-electron chi connectivity index (χ1n) is 7.17. The van der Waals surface area contributed by atoms with Crippen LogP contribution in [0.1, 0.15) is 39.6 Å². The van der Waals surface area contributed by atoms with Crippen LogP contribution < -0.4 is 4.90 Å². The average Bonchev–Trinajstić information content (AvgIpc) is 2.78. The normalized spacial score (nSPS) is 18.3. The fourth-order valence-electron chi connectivity index (χ4n) is 2.28. The minimum absolute atomic E-state index is 0.107. The Hall–Kier alpha value is -0.680. The van der Waals surface area contributed by atoms with Crippen LogP contribution in [0.4, 0.5) is 5.13 Å². The predicted molar refractivity (Wildman–Crippen MR) is 82.1 cm³/mol. The Morgan fingerprint density at radius 2 is 1.74 bits per heavy atom. The van der Waals surface area contributed by atoms with Gasteiger partial charge in [-0.1, -0.05) is 46.0 Å². The maximum absolute atomic E-state index is 4.37. The van der Waals surface area contributed by atoms with Crippen LogP contribution in [0, 0.1) is 5.92 Å². The highest BCUT2D eigenvalue weighted by molar-refractivity contribution is 7.15. The summed E-state index contributed by atoms with van der Waals surface area (Å²) in [6.45, 7) is 16.8. The number of anilines is 1. The second-order valence-electron chi connectivity index (χ2n) is 6.82. The minimum Gasteiger partial charge on any atom is -0.344 e. The largest absolute Gasteiger partial charge is 0.344 e. The molecule has 5 heteroatoms. The molecule has 108 valence electrons. The van der Waals surface area contributed by atoms with E-state index in [-0.39, 0.29) is 5.41 Å². The van der Waals surface area contributed by atoms with E-state index >= 15 is 0 Å². The molecule has 0 aromatic carbocycles. The van der Waals surface area contributed by atoms with Crippen molar-refractivity contribution < 1.29 is 0 Å². The average molecular weight is 282 g/mol. The second-order valence-corrected chi connectivity index (χ2v) is 7.78. The number of aromatic nitrogens is 2. The van der Waals surface area contributed by atoms with Gasteiger partial charge < -0.3 is 4.90 Å². The molecule has 0 amide bonds. The fraction of sp³-hybridized carbons (Fsp3) is 0.857. The van der Waals surface area contributed by atoms with Gasteiger partial charge >= 0.3 is 0 Å². The molecule has 0 saturated carbocycles. The van der Waals surface area contributed by atoms with Gasteiger partial charge in [-0.25, -0.2) is 0 Å². The van der Waals surface area contributed by atoms with E-state index in [0.717, 1.165) is 42.2 Å². The molecule has 1 aromatic rings. The monoisotopic (exact) mass is 282 g/mol. The number of piperazine rings is 1. The minimum atomic E-state index is 0.107. The molecule has 0 N–H and O–H groups in total. The van der Waals surface area contributed by atoms with Gasteiger partial charge in [0.15, 0.2) is 0 Å². The van der Waals surface area contributed by atoms with Gasteiger partial charge in [0.1, 0.15) is 5.01 Å². The standard InChI is InChI=1S/C14H26N4S/c1-11(2)10-17-6-8-18(9-7-17)13-16-15-12(19-13)14(3,4)5/h11H,6-10H2,1-5H3. The van der Waals surface area contributed by atoms with Crippen molar-refractivity contribution in [2.24, 2.45) is 5.92 Å². The fourth-order valence-corrected chi connectivity index (χ4v) is 3.24. The number of hydrogen-bond donors (Lipinski definition) is 0. The molecule has 0 atom stereocenters. The van der Waals surface area contributed by atoms with Gasteiger partial charge in [-0.15, -0.1) is 10.2 Å². The third kappa shape index (κ3) is 3.89. The van der Waals surface area contributed by atoms with E-state index < -0.39 is 0 Å². The van der Waals surface area contributed by atoms with Crippen LogP contribution in [-0.4, -0.2) is 47.8 Å². The number of nitrogens with zero attached hydrogens (tertiary/aromatic N) is 4. The lowest BCUT2D eigenvalue weighted by molar-refractivity contribution is 0.231. The Balaban J connectivity index is 1.93. The van der Waals surface area contributed by atoms with Crippen molar-refractivity contribution in [2.45, 2.75) is 40.0 Å². The molecule has 0 bridgehead atoms. The molecule has 0 unspecified atom stereocenters. The summed E-state index contributed by atoms with van der Waals surface area (Å²) in [7, 11) is 0. The van der Waals surface area contributed by atoms with Crippen molar-refractivity contribution in [3.05, 3.63) is 5.01 Å². The van der Waals surface area contributed by atoms with Crippen molar-refractivity contribution in [1.82, 2.24) is 15.1 Å². The van der Waals surface area contributed by atoms with E-state index in [1.54, 1.807) is 11.3 Å². The highest BCUT2D eigenvalue weighted by Crippen LogP contribution is 2.30. The highest BCUT2D eigenvalue weighted by Gasteiger charge is 2.24. The molecular weight excluding hydrogens is 256 g/mol. The van der Waals surface area contributed by atoms with Gasteiger partial charge in [0, 0.05) is 38.1 Å². The van der Waals surface area contributed by atoms with Crippen molar-refractivity contribution in [3.8, 4) is 0 Å². The first-order valence-corrected chi connectivity index (χ1v) is 7.99. The van der Waals surface area contributed by atoms with Gasteiger partial charge in [0.2, 0.25) is 5.13 Å². The molecule has 1 fully saturated rings. The molecular formula is C14H26N4S. The third-order valence-corrected chi connectivity index (χ3v) is 4.73. The molecule has 4 nitrogen and oxygen atoms in total. The zero-order chi connectivity index (χ0) is 14.0. The molecule has 2 heterocycles. The van der Waals surface area contributed by atoms with Crippen LogP contribution in [-0.2, 0) is 5.41 Å². The summed E-state index contributed by atoms with van der Waals surface area (Å²) in [5.74, 6) is 0.751. The summed E-state index contributed by atoms with van der Waals surface area (Å²) in [6, 6.07) is 0. The van der Waals surface area contributed by atoms with Crippen LogP contribution in [0.5, 0.6) is 0 Å². The maximum Gasteiger partial charge on any atom is 0.208 e.